The summed E-state index contributed by atoms with van der Waals surface area (Å²) < 4.78 is 0. The van der Waals surface area contributed by atoms with E-state index in [4.69, 9.17) is 0 Å². The van der Waals surface area contributed by atoms with Crippen LogP contribution in [0.3, 0.4) is 0 Å². The monoisotopic (exact) mass is 224 g/mol. The Hall–Kier alpha value is -0.260. The highest BCUT2D eigenvalue weighted by molar-refractivity contribution is 4.68. The normalized spacial score (nSPS) is 12.6. The fourth-order valence-electron chi connectivity index (χ4n) is 2.34. The van der Waals surface area contributed by atoms with Crippen LogP contribution in [0.4, 0.5) is 0 Å². The van der Waals surface area contributed by atoms with E-state index in [1.807, 2.05) is 0 Å². The van der Waals surface area contributed by atoms with Gasteiger partial charge in [0.1, 0.15) is 0 Å². The first kappa shape index (κ1) is 15.7. The quantitative estimate of drug-likeness (QED) is 0.277. The Labute approximate surface area is 104 Å². The third-order valence-corrected chi connectivity index (χ3v) is 3.45. The van der Waals surface area contributed by atoms with Crippen LogP contribution >= 0.6 is 0 Å². The minimum absolute atomic E-state index is 0.997. The molecule has 0 amide bonds. The van der Waals surface area contributed by atoms with Gasteiger partial charge < -0.3 is 0 Å². The van der Waals surface area contributed by atoms with Crippen molar-refractivity contribution in [3.63, 3.8) is 0 Å². The molecule has 0 saturated heterocycles. The van der Waals surface area contributed by atoms with Crippen molar-refractivity contribution in [1.29, 1.82) is 0 Å². The van der Waals surface area contributed by atoms with Crippen molar-refractivity contribution in [3.8, 4) is 0 Å². The Morgan fingerprint density at radius 1 is 0.812 bits per heavy atom. The molecule has 0 saturated carbocycles. The van der Waals surface area contributed by atoms with Gasteiger partial charge in [0.15, 0.2) is 0 Å². The third-order valence-electron chi connectivity index (χ3n) is 3.45. The Bertz CT molecular complexity index is 137. The molecule has 0 aromatic heterocycles. The molecular weight excluding hydrogens is 192 g/mol. The van der Waals surface area contributed by atoms with Gasteiger partial charge in [-0.25, -0.2) is 0 Å². The maximum atomic E-state index is 3.81. The number of unbranched alkanes of at least 4 members (excludes halogenated alkanes) is 5. The summed E-state index contributed by atoms with van der Waals surface area (Å²) in [6, 6.07) is 0. The van der Waals surface area contributed by atoms with Gasteiger partial charge in [-0.2, -0.15) is 0 Å². The highest BCUT2D eigenvalue weighted by Crippen LogP contribution is 2.22. The zero-order valence-corrected chi connectivity index (χ0v) is 11.6. The summed E-state index contributed by atoms with van der Waals surface area (Å²) in [4.78, 5) is 0. The molecule has 0 rings (SSSR count). The van der Waals surface area contributed by atoms with E-state index in [9.17, 15) is 0 Å². The molecule has 0 aliphatic carbocycles. The van der Waals surface area contributed by atoms with Crippen molar-refractivity contribution in [2.45, 2.75) is 84.5 Å². The van der Waals surface area contributed by atoms with Gasteiger partial charge in [0, 0.05) is 0 Å². The lowest BCUT2D eigenvalue weighted by Crippen LogP contribution is -2.01. The molecule has 0 radical (unpaired) electrons. The molecule has 0 aromatic carbocycles. The molecule has 0 aliphatic heterocycles. The first-order chi connectivity index (χ1) is 7.85. The molecule has 0 heteroatoms. The van der Waals surface area contributed by atoms with Crippen molar-refractivity contribution >= 4 is 0 Å². The Morgan fingerprint density at radius 2 is 1.44 bits per heavy atom. The van der Waals surface area contributed by atoms with E-state index in [2.05, 4.69) is 26.5 Å². The van der Waals surface area contributed by atoms with E-state index in [1.165, 1.54) is 70.6 Å². The van der Waals surface area contributed by atoms with Gasteiger partial charge in [-0.15, -0.1) is 6.58 Å². The van der Waals surface area contributed by atoms with Gasteiger partial charge in [0.2, 0.25) is 0 Å². The third kappa shape index (κ3) is 10.3. The molecule has 0 aromatic rings. The van der Waals surface area contributed by atoms with Crippen molar-refractivity contribution in [2.75, 3.05) is 0 Å². The first-order valence-electron chi connectivity index (χ1n) is 7.46. The van der Waals surface area contributed by atoms with Crippen LogP contribution in [0.15, 0.2) is 12.7 Å². The average molecular weight is 224 g/mol. The lowest BCUT2D eigenvalue weighted by Gasteiger charge is -2.16. The predicted octanol–water partition coefficient (Wildman–Crippen LogP) is 6.12. The Balaban J connectivity index is 3.58. The van der Waals surface area contributed by atoms with Crippen molar-refractivity contribution < 1.29 is 0 Å². The van der Waals surface area contributed by atoms with E-state index in [0.717, 1.165) is 5.92 Å². The Morgan fingerprint density at radius 3 is 2.06 bits per heavy atom. The number of hydrogen-bond acceptors (Lipinski definition) is 0. The van der Waals surface area contributed by atoms with E-state index < -0.39 is 0 Å². The molecule has 16 heavy (non-hydrogen) atoms. The summed E-state index contributed by atoms with van der Waals surface area (Å²) in [6.45, 7) is 8.40. The SMILES string of the molecule is C=CCCCC(CCCC)CCCCCC. The van der Waals surface area contributed by atoms with Gasteiger partial charge in [-0.3, -0.25) is 0 Å². The van der Waals surface area contributed by atoms with E-state index in [1.54, 1.807) is 0 Å². The molecule has 0 bridgehead atoms. The Kier molecular flexibility index (Phi) is 12.6. The molecule has 0 N–H and O–H groups in total. The molecule has 1 unspecified atom stereocenters. The maximum absolute atomic E-state index is 3.81. The molecule has 0 fully saturated rings. The molecule has 1 atom stereocenters. The van der Waals surface area contributed by atoms with Crippen molar-refractivity contribution in [3.05, 3.63) is 12.7 Å². The smallest absolute Gasteiger partial charge is 0.0353 e. The van der Waals surface area contributed by atoms with Crippen molar-refractivity contribution in [1.82, 2.24) is 0 Å². The van der Waals surface area contributed by atoms with Gasteiger partial charge in [0.25, 0.3) is 0 Å². The highest BCUT2D eigenvalue weighted by atomic mass is 14.1. The number of rotatable bonds is 12. The summed E-state index contributed by atoms with van der Waals surface area (Å²) in [5.41, 5.74) is 0. The summed E-state index contributed by atoms with van der Waals surface area (Å²) in [5, 5.41) is 0. The largest absolute Gasteiger partial charge is 0.103 e. The van der Waals surface area contributed by atoms with Gasteiger partial charge in [0.05, 0.1) is 0 Å². The predicted molar refractivity (Wildman–Crippen MR) is 75.8 cm³/mol. The summed E-state index contributed by atoms with van der Waals surface area (Å²) in [7, 11) is 0. The average Bonchev–Trinajstić information content (AvgIpc) is 2.31. The molecule has 0 spiro atoms. The van der Waals surface area contributed by atoms with Gasteiger partial charge in [-0.05, 0) is 18.8 Å². The zero-order valence-electron chi connectivity index (χ0n) is 11.6. The van der Waals surface area contributed by atoms with Crippen molar-refractivity contribution in [2.24, 2.45) is 5.92 Å². The van der Waals surface area contributed by atoms with E-state index in [0.29, 0.717) is 0 Å². The van der Waals surface area contributed by atoms with Crippen LogP contribution in [-0.2, 0) is 0 Å². The lowest BCUT2D eigenvalue weighted by molar-refractivity contribution is 0.380. The van der Waals surface area contributed by atoms with Crippen LogP contribution in [0.1, 0.15) is 84.5 Å². The van der Waals surface area contributed by atoms with Crippen LogP contribution in [-0.4, -0.2) is 0 Å². The summed E-state index contributed by atoms with van der Waals surface area (Å²) in [6.07, 6.45) is 17.4. The standard InChI is InChI=1S/C16H32/c1-4-7-10-12-15-16(13-9-6-3)14-11-8-5-2/h5,16H,2,4,6-15H2,1,3H3. The topological polar surface area (TPSA) is 0 Å². The zero-order chi connectivity index (χ0) is 12.1. The second-order valence-electron chi connectivity index (χ2n) is 5.08. The molecule has 0 heterocycles. The maximum Gasteiger partial charge on any atom is -0.0353 e. The van der Waals surface area contributed by atoms with Gasteiger partial charge in [-0.1, -0.05) is 77.7 Å². The fourth-order valence-corrected chi connectivity index (χ4v) is 2.34. The molecular formula is C16H32. The highest BCUT2D eigenvalue weighted by Gasteiger charge is 2.07. The van der Waals surface area contributed by atoms with Crippen LogP contribution < -0.4 is 0 Å². The lowest BCUT2D eigenvalue weighted by atomic mass is 9.90. The first-order valence-corrected chi connectivity index (χ1v) is 7.46. The van der Waals surface area contributed by atoms with Crippen LogP contribution in [0.5, 0.6) is 0 Å². The van der Waals surface area contributed by atoms with Crippen LogP contribution in [0.25, 0.3) is 0 Å². The minimum Gasteiger partial charge on any atom is -0.103 e. The molecule has 96 valence electrons. The van der Waals surface area contributed by atoms with Crippen LogP contribution in [0.2, 0.25) is 0 Å². The second kappa shape index (κ2) is 12.8. The fraction of sp³-hybridized carbons (Fsp3) is 0.875. The summed E-state index contributed by atoms with van der Waals surface area (Å²) >= 11 is 0. The van der Waals surface area contributed by atoms with E-state index >= 15 is 0 Å². The number of hydrogen-bond donors (Lipinski definition) is 0. The molecule has 0 aliphatic rings. The van der Waals surface area contributed by atoms with Crippen LogP contribution in [0, 0.1) is 5.92 Å². The van der Waals surface area contributed by atoms with Gasteiger partial charge >= 0.3 is 0 Å². The number of allylic oxidation sites excluding steroid dienone is 1. The summed E-state index contributed by atoms with van der Waals surface area (Å²) in [5.74, 6) is 0.997. The van der Waals surface area contributed by atoms with E-state index in [-0.39, 0.29) is 0 Å². The molecule has 0 nitrogen and oxygen atoms in total. The second-order valence-corrected chi connectivity index (χ2v) is 5.08. The minimum atomic E-state index is 0.997.